The highest BCUT2D eigenvalue weighted by Gasteiger charge is 2.16. The largest absolute Gasteiger partial charge is 0.356 e. The lowest BCUT2D eigenvalue weighted by Crippen LogP contribution is -2.17. The van der Waals surface area contributed by atoms with Gasteiger partial charge in [-0.1, -0.05) is 0 Å². The zero-order valence-electron chi connectivity index (χ0n) is 6.85. The van der Waals surface area contributed by atoms with Gasteiger partial charge in [-0.15, -0.1) is 0 Å². The summed E-state index contributed by atoms with van der Waals surface area (Å²) in [5.41, 5.74) is -1.23. The van der Waals surface area contributed by atoms with E-state index in [0.717, 1.165) is 6.20 Å². The fraction of sp³-hybridized carbons (Fsp3) is 0.250. The Morgan fingerprint density at radius 3 is 2.79 bits per heavy atom. The molecule has 0 aromatic carbocycles. The highest BCUT2D eigenvalue weighted by molar-refractivity contribution is 14.1. The molecule has 1 rings (SSSR count). The number of aromatic nitrogens is 1. The molecule has 0 fully saturated rings. The molecule has 0 unspecified atom stereocenters. The van der Waals surface area contributed by atoms with Crippen LogP contribution in [0.15, 0.2) is 11.0 Å². The van der Waals surface area contributed by atoms with Crippen molar-refractivity contribution in [2.45, 2.75) is 12.8 Å². The van der Waals surface area contributed by atoms with Crippen molar-refractivity contribution in [3.63, 3.8) is 0 Å². The van der Waals surface area contributed by atoms with Gasteiger partial charge in [-0.05, 0) is 22.6 Å². The number of alkyl halides is 2. The Balaban J connectivity index is 3.36. The van der Waals surface area contributed by atoms with Gasteiger partial charge in [-0.3, -0.25) is 4.79 Å². The van der Waals surface area contributed by atoms with Gasteiger partial charge in [0.25, 0.3) is 6.43 Å². The molecule has 0 aliphatic rings. The number of nitrogens with zero attached hydrogens (tertiary/aromatic N) is 1. The summed E-state index contributed by atoms with van der Waals surface area (Å²) < 4.78 is 25.0. The fourth-order valence-electron chi connectivity index (χ4n) is 0.967. The van der Waals surface area contributed by atoms with Gasteiger partial charge in [0.1, 0.15) is 0 Å². The van der Waals surface area contributed by atoms with Crippen LogP contribution >= 0.6 is 22.6 Å². The molecule has 0 atom stereocenters. The van der Waals surface area contributed by atoms with Crippen LogP contribution in [-0.2, 0) is 6.42 Å². The Hall–Kier alpha value is -0.970. The van der Waals surface area contributed by atoms with Gasteiger partial charge in [0.15, 0.2) is 5.43 Å². The van der Waals surface area contributed by atoms with Gasteiger partial charge in [-0.25, -0.2) is 8.78 Å². The summed E-state index contributed by atoms with van der Waals surface area (Å²) in [6.07, 6.45) is -1.99. The van der Waals surface area contributed by atoms with E-state index < -0.39 is 17.4 Å². The van der Waals surface area contributed by atoms with E-state index in [1.165, 1.54) is 0 Å². The number of nitrogens with one attached hydrogen (secondary N) is 1. The highest BCUT2D eigenvalue weighted by atomic mass is 127. The van der Waals surface area contributed by atoms with Crippen LogP contribution in [-0.4, -0.2) is 4.98 Å². The zero-order chi connectivity index (χ0) is 10.7. The minimum absolute atomic E-state index is 0.103. The average Bonchev–Trinajstić information content (AvgIpc) is 2.11. The predicted molar refractivity (Wildman–Crippen MR) is 54.1 cm³/mol. The van der Waals surface area contributed by atoms with Gasteiger partial charge >= 0.3 is 0 Å². The van der Waals surface area contributed by atoms with Crippen molar-refractivity contribution in [1.29, 1.82) is 5.26 Å². The second kappa shape index (κ2) is 4.50. The van der Waals surface area contributed by atoms with E-state index >= 15 is 0 Å². The molecule has 0 spiro atoms. The summed E-state index contributed by atoms with van der Waals surface area (Å²) in [6, 6.07) is 1.76. The van der Waals surface area contributed by atoms with E-state index in [9.17, 15) is 13.6 Å². The first-order chi connectivity index (χ1) is 6.57. The molecule has 0 saturated carbocycles. The summed E-state index contributed by atoms with van der Waals surface area (Å²) >= 11 is 1.80. The molecular weight excluding hydrogens is 305 g/mol. The van der Waals surface area contributed by atoms with E-state index in [0.29, 0.717) is 3.70 Å². The highest BCUT2D eigenvalue weighted by Crippen LogP contribution is 2.16. The van der Waals surface area contributed by atoms with Crippen molar-refractivity contribution < 1.29 is 8.78 Å². The Labute approximate surface area is 91.9 Å². The molecule has 0 aliphatic heterocycles. The number of pyridine rings is 1. The van der Waals surface area contributed by atoms with Crippen molar-refractivity contribution in [3.05, 3.63) is 31.2 Å². The van der Waals surface area contributed by atoms with E-state index in [4.69, 9.17) is 5.26 Å². The normalized spacial score (nSPS) is 10.2. The molecule has 1 heterocycles. The lowest BCUT2D eigenvalue weighted by Gasteiger charge is -2.03. The van der Waals surface area contributed by atoms with Crippen molar-refractivity contribution in [1.82, 2.24) is 4.98 Å². The van der Waals surface area contributed by atoms with E-state index in [2.05, 4.69) is 4.98 Å². The number of H-pyrrole nitrogens is 1. The molecule has 0 radical (unpaired) electrons. The summed E-state index contributed by atoms with van der Waals surface area (Å²) in [5.74, 6) is 0. The first kappa shape index (κ1) is 11.1. The molecule has 0 amide bonds. The molecule has 3 nitrogen and oxygen atoms in total. The summed E-state index contributed by atoms with van der Waals surface area (Å²) in [7, 11) is 0. The molecule has 0 aliphatic carbocycles. The van der Waals surface area contributed by atoms with Gasteiger partial charge in [0, 0.05) is 11.8 Å². The number of halogens is 3. The van der Waals surface area contributed by atoms with Gasteiger partial charge in [0.2, 0.25) is 0 Å². The monoisotopic (exact) mass is 310 g/mol. The summed E-state index contributed by atoms with van der Waals surface area (Å²) in [5, 5.41) is 8.40. The van der Waals surface area contributed by atoms with Crippen LogP contribution in [0.25, 0.3) is 0 Å². The van der Waals surface area contributed by atoms with Gasteiger partial charge < -0.3 is 4.98 Å². The SMILES string of the molecule is N#CCc1c(I)[nH]cc(C(F)F)c1=O. The zero-order valence-corrected chi connectivity index (χ0v) is 9.01. The van der Waals surface area contributed by atoms with E-state index in [1.807, 2.05) is 0 Å². The Morgan fingerprint density at radius 1 is 1.64 bits per heavy atom. The number of nitriles is 1. The van der Waals surface area contributed by atoms with Gasteiger partial charge in [0.05, 0.1) is 21.8 Å². The van der Waals surface area contributed by atoms with Crippen molar-refractivity contribution >= 4 is 22.6 Å². The molecule has 74 valence electrons. The van der Waals surface area contributed by atoms with Crippen LogP contribution in [0.3, 0.4) is 0 Å². The molecule has 14 heavy (non-hydrogen) atoms. The molecule has 1 aromatic rings. The standard InChI is InChI=1S/C8H5F2IN2O/c9-7(10)5-3-13-8(11)4(1-2-12)6(5)14/h3,7H,1H2,(H,13,14). The molecule has 1 aromatic heterocycles. The molecule has 0 saturated heterocycles. The number of rotatable bonds is 2. The van der Waals surface area contributed by atoms with Gasteiger partial charge in [-0.2, -0.15) is 5.26 Å². The summed E-state index contributed by atoms with van der Waals surface area (Å²) in [4.78, 5) is 13.9. The van der Waals surface area contributed by atoms with Crippen molar-refractivity contribution in [2.24, 2.45) is 0 Å². The summed E-state index contributed by atoms with van der Waals surface area (Å²) in [6.45, 7) is 0. The first-order valence-electron chi connectivity index (χ1n) is 3.63. The third-order valence-corrected chi connectivity index (χ3v) is 2.61. The maximum Gasteiger partial charge on any atom is 0.269 e. The minimum atomic E-state index is -2.81. The van der Waals surface area contributed by atoms with Crippen molar-refractivity contribution in [2.75, 3.05) is 0 Å². The molecule has 6 heteroatoms. The second-order valence-corrected chi connectivity index (χ2v) is 3.58. The van der Waals surface area contributed by atoms with Crippen LogP contribution in [0.1, 0.15) is 17.6 Å². The fourth-order valence-corrected chi connectivity index (χ4v) is 1.56. The van der Waals surface area contributed by atoms with Crippen LogP contribution in [0, 0.1) is 15.0 Å². The molecule has 0 bridgehead atoms. The first-order valence-corrected chi connectivity index (χ1v) is 4.71. The lowest BCUT2D eigenvalue weighted by atomic mass is 10.1. The quantitative estimate of drug-likeness (QED) is 0.671. The average molecular weight is 310 g/mol. The number of aromatic amines is 1. The van der Waals surface area contributed by atoms with Crippen molar-refractivity contribution in [3.8, 4) is 6.07 Å². The Morgan fingerprint density at radius 2 is 2.29 bits per heavy atom. The molecular formula is C8H5F2IN2O. The number of hydrogen-bond donors (Lipinski definition) is 1. The van der Waals surface area contributed by atoms with Crippen LogP contribution in [0.4, 0.5) is 8.78 Å². The maximum absolute atomic E-state index is 12.3. The Kier molecular flexibility index (Phi) is 3.57. The van der Waals surface area contributed by atoms with E-state index in [-0.39, 0.29) is 12.0 Å². The van der Waals surface area contributed by atoms with Crippen LogP contribution in [0.5, 0.6) is 0 Å². The maximum atomic E-state index is 12.3. The minimum Gasteiger partial charge on any atom is -0.356 e. The smallest absolute Gasteiger partial charge is 0.269 e. The second-order valence-electron chi connectivity index (χ2n) is 2.50. The topological polar surface area (TPSA) is 56.6 Å². The molecule has 1 N–H and O–H groups in total. The number of hydrogen-bond acceptors (Lipinski definition) is 2. The predicted octanol–water partition coefficient (Wildman–Crippen LogP) is 1.98. The van der Waals surface area contributed by atoms with Crippen LogP contribution in [0.2, 0.25) is 0 Å². The third kappa shape index (κ3) is 2.09. The van der Waals surface area contributed by atoms with E-state index in [1.54, 1.807) is 28.7 Å². The third-order valence-electron chi connectivity index (χ3n) is 1.65. The lowest BCUT2D eigenvalue weighted by molar-refractivity contribution is 0.149. The Bertz CT molecular complexity index is 436. The van der Waals surface area contributed by atoms with Crippen LogP contribution < -0.4 is 5.43 Å².